The molecule has 3 rings (SSSR count). The van der Waals surface area contributed by atoms with Crippen LogP contribution in [0.5, 0.6) is 11.5 Å². The Morgan fingerprint density at radius 3 is 2.21 bits per heavy atom. The number of aliphatic hydroxyl groups excluding tert-OH is 1. The Morgan fingerprint density at radius 2 is 1.58 bits per heavy atom. The predicted molar refractivity (Wildman–Crippen MR) is 143 cm³/mol. The number of sulfone groups is 1. The van der Waals surface area contributed by atoms with Gasteiger partial charge >= 0.3 is 6.09 Å². The molecule has 0 saturated carbocycles. The van der Waals surface area contributed by atoms with Crippen molar-refractivity contribution in [2.24, 2.45) is 0 Å². The maximum absolute atomic E-state index is 13.2. The SMILES string of the molecule is COc1ccc(S(=O)(=O)c2ccccc2ONC[C@@H](O)[C@H](Cc2ccccc2)NC(=O)OC(C)(C)C)cc1. The number of amides is 1. The maximum Gasteiger partial charge on any atom is 0.407 e. The second-order valence-electron chi connectivity index (χ2n) is 9.59. The lowest BCUT2D eigenvalue weighted by atomic mass is 10.0. The molecule has 0 radical (unpaired) electrons. The average Bonchev–Trinajstić information content (AvgIpc) is 2.88. The van der Waals surface area contributed by atoms with E-state index in [1.54, 1.807) is 45.0 Å². The summed E-state index contributed by atoms with van der Waals surface area (Å²) in [6, 6.07) is 20.9. The van der Waals surface area contributed by atoms with Gasteiger partial charge in [0.1, 0.15) is 16.2 Å². The zero-order valence-electron chi connectivity index (χ0n) is 21.9. The molecule has 1 amide bonds. The number of nitrogens with one attached hydrogen (secondary N) is 2. The van der Waals surface area contributed by atoms with Gasteiger partial charge in [0.2, 0.25) is 9.84 Å². The van der Waals surface area contributed by atoms with E-state index < -0.39 is 33.7 Å². The van der Waals surface area contributed by atoms with Crippen LogP contribution in [0, 0.1) is 0 Å². The predicted octanol–water partition coefficient (Wildman–Crippen LogP) is 3.91. The fourth-order valence-corrected chi connectivity index (χ4v) is 4.98. The first-order chi connectivity index (χ1) is 18.0. The van der Waals surface area contributed by atoms with Crippen molar-refractivity contribution in [1.82, 2.24) is 10.8 Å². The highest BCUT2D eigenvalue weighted by Crippen LogP contribution is 2.29. The molecular weight excluding hydrogens is 508 g/mol. The third-order valence-electron chi connectivity index (χ3n) is 5.45. The number of carbonyl (C=O) groups is 1. The Balaban J connectivity index is 1.71. The number of carbonyl (C=O) groups excluding carboxylic acids is 1. The minimum atomic E-state index is -3.89. The van der Waals surface area contributed by atoms with Crippen molar-refractivity contribution in [1.29, 1.82) is 0 Å². The Hall–Kier alpha value is -3.60. The molecule has 0 heterocycles. The molecule has 204 valence electrons. The number of benzene rings is 3. The van der Waals surface area contributed by atoms with Crippen LogP contribution < -0.4 is 20.4 Å². The van der Waals surface area contributed by atoms with E-state index in [4.69, 9.17) is 14.3 Å². The molecule has 0 unspecified atom stereocenters. The van der Waals surface area contributed by atoms with Gasteiger partial charge in [-0.2, -0.15) is 5.48 Å². The van der Waals surface area contributed by atoms with Gasteiger partial charge in [-0.05, 0) is 69.2 Å². The van der Waals surface area contributed by atoms with E-state index in [1.807, 2.05) is 30.3 Å². The lowest BCUT2D eigenvalue weighted by molar-refractivity contribution is 0.0373. The largest absolute Gasteiger partial charge is 0.497 e. The molecule has 3 aromatic carbocycles. The molecule has 0 saturated heterocycles. The van der Waals surface area contributed by atoms with Crippen LogP contribution in [0.15, 0.2) is 88.7 Å². The first-order valence-electron chi connectivity index (χ1n) is 12.1. The summed E-state index contributed by atoms with van der Waals surface area (Å²) < 4.78 is 36.9. The van der Waals surface area contributed by atoms with Crippen molar-refractivity contribution in [2.45, 2.75) is 54.7 Å². The van der Waals surface area contributed by atoms with Crippen molar-refractivity contribution in [2.75, 3.05) is 13.7 Å². The van der Waals surface area contributed by atoms with Crippen molar-refractivity contribution < 1.29 is 32.6 Å². The Kier molecular flexibility index (Phi) is 9.73. The number of hydrogen-bond donors (Lipinski definition) is 3. The highest BCUT2D eigenvalue weighted by molar-refractivity contribution is 7.91. The topological polar surface area (TPSA) is 123 Å². The normalized spacial score (nSPS) is 13.3. The lowest BCUT2D eigenvalue weighted by Gasteiger charge is -2.27. The first-order valence-corrected chi connectivity index (χ1v) is 13.6. The van der Waals surface area contributed by atoms with E-state index >= 15 is 0 Å². The van der Waals surface area contributed by atoms with Crippen molar-refractivity contribution in [3.8, 4) is 11.5 Å². The van der Waals surface area contributed by atoms with Gasteiger partial charge in [-0.3, -0.25) is 0 Å². The van der Waals surface area contributed by atoms with Crippen molar-refractivity contribution >= 4 is 15.9 Å². The molecule has 0 spiro atoms. The molecule has 0 bridgehead atoms. The number of hydrogen-bond acceptors (Lipinski definition) is 8. The molecule has 0 fully saturated rings. The molecule has 3 aromatic rings. The number of rotatable bonds is 11. The summed E-state index contributed by atoms with van der Waals surface area (Å²) in [7, 11) is -2.39. The number of para-hydroxylation sites is 1. The van der Waals surface area contributed by atoms with E-state index in [1.165, 1.54) is 31.4 Å². The quantitative estimate of drug-likeness (QED) is 0.312. The Labute approximate surface area is 223 Å². The molecule has 0 aromatic heterocycles. The minimum absolute atomic E-state index is 0.0418. The van der Waals surface area contributed by atoms with Crippen LogP contribution >= 0.6 is 0 Å². The van der Waals surface area contributed by atoms with Gasteiger partial charge in [-0.25, -0.2) is 13.2 Å². The molecule has 38 heavy (non-hydrogen) atoms. The summed E-state index contributed by atoms with van der Waals surface area (Å²) in [5.41, 5.74) is 2.85. The summed E-state index contributed by atoms with van der Waals surface area (Å²) in [6.07, 6.45) is -1.41. The van der Waals surface area contributed by atoms with Crippen molar-refractivity contribution in [3.05, 3.63) is 84.4 Å². The third-order valence-corrected chi connectivity index (χ3v) is 7.26. The van der Waals surface area contributed by atoms with Crippen LogP contribution in [0.1, 0.15) is 26.3 Å². The Morgan fingerprint density at radius 1 is 0.947 bits per heavy atom. The van der Waals surface area contributed by atoms with Gasteiger partial charge < -0.3 is 24.7 Å². The molecule has 0 aliphatic heterocycles. The standard InChI is InChI=1S/C28H34N2O7S/c1-28(2,3)36-27(32)30-23(18-20-10-6-5-7-11-20)24(31)19-29-37-25-12-8-9-13-26(25)38(33,34)22-16-14-21(35-4)15-17-22/h5-17,23-24,29,31H,18-19H2,1-4H3,(H,30,32)/t23-,24+/m0/s1. The number of aliphatic hydroxyl groups is 1. The molecule has 10 heteroatoms. The summed E-state index contributed by atoms with van der Waals surface area (Å²) in [4.78, 5) is 18.0. The van der Waals surface area contributed by atoms with E-state index in [0.717, 1.165) is 5.56 Å². The molecular formula is C28H34N2O7S. The fourth-order valence-electron chi connectivity index (χ4n) is 3.60. The number of alkyl carbamates (subject to hydrolysis) is 1. The third kappa shape index (κ3) is 8.20. The average molecular weight is 543 g/mol. The van der Waals surface area contributed by atoms with Crippen LogP contribution in [0.3, 0.4) is 0 Å². The van der Waals surface area contributed by atoms with Crippen LogP contribution in [-0.2, 0) is 21.0 Å². The maximum atomic E-state index is 13.2. The van der Waals surface area contributed by atoms with Crippen LogP contribution in [0.4, 0.5) is 4.79 Å². The fraction of sp³-hybridized carbons (Fsp3) is 0.321. The van der Waals surface area contributed by atoms with Gasteiger partial charge in [0.15, 0.2) is 5.75 Å². The lowest BCUT2D eigenvalue weighted by Crippen LogP contribution is -2.50. The van der Waals surface area contributed by atoms with E-state index in [9.17, 15) is 18.3 Å². The second kappa shape index (κ2) is 12.8. The molecule has 9 nitrogen and oxygen atoms in total. The number of hydroxylamine groups is 1. The van der Waals surface area contributed by atoms with E-state index in [-0.39, 0.29) is 22.1 Å². The summed E-state index contributed by atoms with van der Waals surface area (Å²) in [5.74, 6) is 0.601. The highest BCUT2D eigenvalue weighted by atomic mass is 32.2. The van der Waals surface area contributed by atoms with Crippen LogP contribution in [0.2, 0.25) is 0 Å². The molecule has 0 aliphatic carbocycles. The number of ether oxygens (including phenoxy) is 2. The first kappa shape index (κ1) is 29.0. The van der Waals surface area contributed by atoms with Crippen LogP contribution in [-0.4, -0.2) is 51.0 Å². The van der Waals surface area contributed by atoms with Gasteiger partial charge in [-0.1, -0.05) is 42.5 Å². The monoisotopic (exact) mass is 542 g/mol. The van der Waals surface area contributed by atoms with Crippen molar-refractivity contribution in [3.63, 3.8) is 0 Å². The number of methoxy groups -OCH3 is 1. The summed E-state index contributed by atoms with van der Waals surface area (Å²) >= 11 is 0. The van der Waals surface area contributed by atoms with E-state index in [0.29, 0.717) is 12.2 Å². The zero-order chi connectivity index (χ0) is 27.8. The van der Waals surface area contributed by atoms with Gasteiger partial charge in [-0.15, -0.1) is 0 Å². The summed E-state index contributed by atoms with van der Waals surface area (Å²) in [5, 5.41) is 13.6. The molecule has 0 aliphatic rings. The molecule has 2 atom stereocenters. The van der Waals surface area contributed by atoms with Gasteiger partial charge in [0.25, 0.3) is 0 Å². The van der Waals surface area contributed by atoms with Gasteiger partial charge in [0, 0.05) is 0 Å². The van der Waals surface area contributed by atoms with E-state index in [2.05, 4.69) is 10.8 Å². The highest BCUT2D eigenvalue weighted by Gasteiger charge is 2.26. The summed E-state index contributed by atoms with van der Waals surface area (Å²) in [6.45, 7) is 5.15. The zero-order valence-corrected chi connectivity index (χ0v) is 22.7. The second-order valence-corrected chi connectivity index (χ2v) is 11.5. The van der Waals surface area contributed by atoms with Crippen LogP contribution in [0.25, 0.3) is 0 Å². The minimum Gasteiger partial charge on any atom is -0.497 e. The van der Waals surface area contributed by atoms with Gasteiger partial charge in [0.05, 0.1) is 30.7 Å². The molecule has 3 N–H and O–H groups in total. The Bertz CT molecular complexity index is 1290. The smallest absolute Gasteiger partial charge is 0.407 e.